The largest absolute Gasteiger partial charge is 0.460 e. The van der Waals surface area contributed by atoms with Gasteiger partial charge in [-0.05, 0) is 15.9 Å². The van der Waals surface area contributed by atoms with Crippen LogP contribution in [0.1, 0.15) is 5.69 Å². The van der Waals surface area contributed by atoms with Gasteiger partial charge in [0.1, 0.15) is 4.47 Å². The minimum Gasteiger partial charge on any atom is -0.409 e. The zero-order valence-electron chi connectivity index (χ0n) is 10.6. The van der Waals surface area contributed by atoms with Crippen LogP contribution in [0.15, 0.2) is 4.47 Å². The van der Waals surface area contributed by atoms with Gasteiger partial charge in [0.05, 0.1) is 0 Å². The zero-order chi connectivity index (χ0) is 18.4. The van der Waals surface area contributed by atoms with E-state index in [1.54, 1.807) is 0 Å². The van der Waals surface area contributed by atoms with E-state index >= 15 is 0 Å². The minimum absolute atomic E-state index is 0.267. The average Bonchev–Trinajstić information content (AvgIpc) is 2.66. The van der Waals surface area contributed by atoms with Gasteiger partial charge < -0.3 is 4.74 Å². The van der Waals surface area contributed by atoms with Crippen molar-refractivity contribution < 1.29 is 49.0 Å². The Balaban J connectivity index is 3.53. The Kier molecular flexibility index (Phi) is 4.73. The highest BCUT2D eigenvalue weighted by Gasteiger charge is 2.83. The highest BCUT2D eigenvalue weighted by Crippen LogP contribution is 2.57. The van der Waals surface area contributed by atoms with Crippen LogP contribution in [0.5, 0.6) is 5.88 Å². The first-order valence-corrected chi connectivity index (χ1v) is 5.95. The molecule has 0 N–H and O–H groups in total. The van der Waals surface area contributed by atoms with Gasteiger partial charge in [-0.2, -0.15) is 44.6 Å². The van der Waals surface area contributed by atoms with Crippen LogP contribution in [0, 0.1) is 0 Å². The number of hydrogen-bond acceptors (Lipinski definition) is 3. The number of carbonyl (C=O) groups is 1. The maximum absolute atomic E-state index is 13.7. The summed E-state index contributed by atoms with van der Waals surface area (Å²) in [5, 5.41) is 2.72. The van der Waals surface area contributed by atoms with Gasteiger partial charge >= 0.3 is 23.9 Å². The van der Waals surface area contributed by atoms with Crippen LogP contribution < -0.4 is 4.74 Å². The maximum atomic E-state index is 13.7. The first kappa shape index (κ1) is 19.6. The van der Waals surface area contributed by atoms with E-state index < -0.39 is 40.0 Å². The average molecular weight is 423 g/mol. The summed E-state index contributed by atoms with van der Waals surface area (Å²) < 4.78 is 119. The quantitative estimate of drug-likeness (QED) is 0.537. The van der Waals surface area contributed by atoms with E-state index in [2.05, 4.69) is 25.8 Å². The predicted octanol–water partition coefficient (Wildman–Crippen LogP) is 3.64. The van der Waals surface area contributed by atoms with Crippen molar-refractivity contribution >= 4 is 22.4 Å². The molecule has 132 valence electrons. The number of rotatable bonds is 5. The van der Waals surface area contributed by atoms with Crippen LogP contribution in [-0.4, -0.2) is 34.3 Å². The number of nitrogens with zero attached hydrogens (tertiary/aromatic N) is 2. The number of alkyl halides is 9. The van der Waals surface area contributed by atoms with Gasteiger partial charge in [-0.1, -0.05) is 0 Å². The summed E-state index contributed by atoms with van der Waals surface area (Å²) in [5.41, 5.74) is -2.16. The first-order chi connectivity index (χ1) is 10.1. The number of aryl methyl sites for hydroxylation is 1. The summed E-state index contributed by atoms with van der Waals surface area (Å²) in [4.78, 5) is 10.1. The van der Waals surface area contributed by atoms with E-state index in [0.29, 0.717) is 0 Å². The molecule has 0 radical (unpaired) electrons. The molecule has 0 aromatic carbocycles. The van der Waals surface area contributed by atoms with Crippen LogP contribution in [0.3, 0.4) is 0 Å². The Labute approximate surface area is 129 Å². The van der Waals surface area contributed by atoms with Crippen LogP contribution in [-0.2, 0) is 17.8 Å². The van der Waals surface area contributed by atoms with Crippen LogP contribution in [0.4, 0.5) is 39.5 Å². The van der Waals surface area contributed by atoms with Gasteiger partial charge in [0.25, 0.3) is 6.47 Å². The smallest absolute Gasteiger partial charge is 0.409 e. The Morgan fingerprint density at radius 1 is 1.04 bits per heavy atom. The van der Waals surface area contributed by atoms with Gasteiger partial charge in [-0.3, -0.25) is 4.79 Å². The van der Waals surface area contributed by atoms with Gasteiger partial charge in [0, 0.05) is 7.05 Å². The fourth-order valence-electron chi connectivity index (χ4n) is 1.38. The second kappa shape index (κ2) is 5.56. The SMILES string of the molecule is Cn1nc(C(F)(F)C(F)(F)C(F)(F)C(F)(F)F)c(Br)c1OC=O. The third kappa shape index (κ3) is 2.76. The van der Waals surface area contributed by atoms with Crippen molar-refractivity contribution in [2.24, 2.45) is 7.05 Å². The summed E-state index contributed by atoms with van der Waals surface area (Å²) in [6.07, 6.45) is -6.94. The standard InChI is InChI=1S/C9H4BrF9N2O2/c1-21-5(23-2-22)3(10)4(20-21)6(11,12)7(13,14)8(15,16)9(17,18)19/h2H,1H3. The number of hydrogen-bond donors (Lipinski definition) is 0. The lowest BCUT2D eigenvalue weighted by Gasteiger charge is -2.32. The van der Waals surface area contributed by atoms with E-state index in [9.17, 15) is 44.3 Å². The molecule has 23 heavy (non-hydrogen) atoms. The second-order valence-electron chi connectivity index (χ2n) is 4.03. The third-order valence-corrected chi connectivity index (χ3v) is 3.26. The summed E-state index contributed by atoms with van der Waals surface area (Å²) in [5.74, 6) is -20.9. The van der Waals surface area contributed by atoms with Gasteiger partial charge in [-0.25, -0.2) is 4.68 Å². The normalized spacial score (nSPS) is 14.0. The highest BCUT2D eigenvalue weighted by molar-refractivity contribution is 9.10. The van der Waals surface area contributed by atoms with E-state index in [0.717, 1.165) is 7.05 Å². The van der Waals surface area contributed by atoms with Crippen LogP contribution >= 0.6 is 15.9 Å². The van der Waals surface area contributed by atoms with Crippen LogP contribution in [0.2, 0.25) is 0 Å². The Hall–Kier alpha value is -1.47. The molecule has 1 aromatic rings. The van der Waals surface area contributed by atoms with E-state index in [1.807, 2.05) is 0 Å². The molecule has 0 aliphatic carbocycles. The van der Waals surface area contributed by atoms with Crippen molar-refractivity contribution in [2.45, 2.75) is 23.9 Å². The van der Waals surface area contributed by atoms with Gasteiger partial charge in [0.15, 0.2) is 5.69 Å². The first-order valence-electron chi connectivity index (χ1n) is 5.16. The lowest BCUT2D eigenvalue weighted by molar-refractivity contribution is -0.400. The van der Waals surface area contributed by atoms with Crippen molar-refractivity contribution in [1.82, 2.24) is 9.78 Å². The molecule has 14 heteroatoms. The maximum Gasteiger partial charge on any atom is 0.460 e. The molecular formula is C9H4BrF9N2O2. The summed E-state index contributed by atoms with van der Waals surface area (Å²) >= 11 is 2.24. The zero-order valence-corrected chi connectivity index (χ0v) is 12.2. The molecule has 0 atom stereocenters. The number of ether oxygens (including phenoxy) is 1. The molecule has 0 saturated heterocycles. The number of carbonyl (C=O) groups excluding carboxylic acids is 1. The Morgan fingerprint density at radius 2 is 1.52 bits per heavy atom. The third-order valence-electron chi connectivity index (χ3n) is 2.54. The van der Waals surface area contributed by atoms with E-state index in [-0.39, 0.29) is 11.2 Å². The van der Waals surface area contributed by atoms with Crippen molar-refractivity contribution in [3.05, 3.63) is 10.2 Å². The fraction of sp³-hybridized carbons (Fsp3) is 0.556. The van der Waals surface area contributed by atoms with E-state index in [4.69, 9.17) is 0 Å². The van der Waals surface area contributed by atoms with Crippen molar-refractivity contribution in [3.63, 3.8) is 0 Å². The molecule has 0 fully saturated rings. The molecule has 0 aliphatic heterocycles. The van der Waals surface area contributed by atoms with Crippen molar-refractivity contribution in [3.8, 4) is 5.88 Å². The highest BCUT2D eigenvalue weighted by atomic mass is 79.9. The molecule has 4 nitrogen and oxygen atoms in total. The fourth-order valence-corrected chi connectivity index (χ4v) is 2.06. The summed E-state index contributed by atoms with van der Waals surface area (Å²) in [6.45, 7) is -0.327. The number of halogens is 10. The summed E-state index contributed by atoms with van der Waals surface area (Å²) in [6, 6.07) is 0. The minimum atomic E-state index is -7.05. The monoisotopic (exact) mass is 422 g/mol. The molecule has 0 spiro atoms. The molecule has 0 saturated carbocycles. The lowest BCUT2D eigenvalue weighted by atomic mass is 10.0. The van der Waals surface area contributed by atoms with Crippen LogP contribution in [0.25, 0.3) is 0 Å². The lowest BCUT2D eigenvalue weighted by Crippen LogP contribution is -2.59. The Morgan fingerprint density at radius 3 is 1.91 bits per heavy atom. The predicted molar refractivity (Wildman–Crippen MR) is 57.4 cm³/mol. The molecule has 1 aromatic heterocycles. The Bertz CT molecular complexity index is 611. The molecule has 0 aliphatic rings. The van der Waals surface area contributed by atoms with Crippen molar-refractivity contribution in [1.29, 1.82) is 0 Å². The number of aromatic nitrogens is 2. The van der Waals surface area contributed by atoms with Crippen molar-refractivity contribution in [2.75, 3.05) is 0 Å². The van der Waals surface area contributed by atoms with Gasteiger partial charge in [-0.15, -0.1) is 0 Å². The second-order valence-corrected chi connectivity index (χ2v) is 4.82. The molecule has 1 rings (SSSR count). The van der Waals surface area contributed by atoms with E-state index in [1.165, 1.54) is 0 Å². The molecular weight excluding hydrogens is 419 g/mol. The topological polar surface area (TPSA) is 44.1 Å². The molecule has 0 unspecified atom stereocenters. The van der Waals surface area contributed by atoms with Gasteiger partial charge in [0.2, 0.25) is 5.88 Å². The molecule has 0 bridgehead atoms. The molecule has 1 heterocycles. The molecule has 0 amide bonds. The summed E-state index contributed by atoms with van der Waals surface area (Å²) in [7, 11) is 0.795.